The van der Waals surface area contributed by atoms with E-state index in [2.05, 4.69) is 10.2 Å². The van der Waals surface area contributed by atoms with Gasteiger partial charge < -0.3 is 15.3 Å². The molecule has 0 rings (SSSR count). The quantitative estimate of drug-likeness (QED) is 0.573. The van der Waals surface area contributed by atoms with E-state index in [1.807, 2.05) is 14.1 Å². The van der Waals surface area contributed by atoms with Gasteiger partial charge in [0.05, 0.1) is 6.42 Å². The third-order valence-electron chi connectivity index (χ3n) is 1.92. The summed E-state index contributed by atoms with van der Waals surface area (Å²) in [4.78, 5) is 23.3. The molecule has 0 radical (unpaired) electrons. The average Bonchev–Trinajstić information content (AvgIpc) is 2.13. The molecule has 0 fully saturated rings. The molecule has 0 aliphatic heterocycles. The lowest BCUT2D eigenvalue weighted by Gasteiger charge is -2.09. The smallest absolute Gasteiger partial charge is 0.303 e. The summed E-state index contributed by atoms with van der Waals surface area (Å²) in [6.45, 7) is 1.64. The van der Waals surface area contributed by atoms with Crippen molar-refractivity contribution in [3.63, 3.8) is 0 Å². The van der Waals surface area contributed by atoms with Gasteiger partial charge in [-0.15, -0.1) is 0 Å². The Hall–Kier alpha value is -1.10. The van der Waals surface area contributed by atoms with E-state index in [-0.39, 0.29) is 18.7 Å². The highest BCUT2D eigenvalue weighted by Crippen LogP contribution is 1.91. The van der Waals surface area contributed by atoms with Crippen molar-refractivity contribution in [1.29, 1.82) is 0 Å². The Morgan fingerprint density at radius 2 is 1.87 bits per heavy atom. The molecule has 0 aliphatic carbocycles. The van der Waals surface area contributed by atoms with E-state index in [4.69, 9.17) is 5.11 Å². The molecule has 0 spiro atoms. The Bertz CT molecular complexity index is 205. The third kappa shape index (κ3) is 10.8. The van der Waals surface area contributed by atoms with E-state index in [9.17, 15) is 9.59 Å². The summed E-state index contributed by atoms with van der Waals surface area (Å²) >= 11 is 0. The van der Waals surface area contributed by atoms with E-state index < -0.39 is 5.97 Å². The second kappa shape index (κ2) is 8.23. The van der Waals surface area contributed by atoms with Crippen molar-refractivity contribution in [1.82, 2.24) is 10.2 Å². The van der Waals surface area contributed by atoms with Crippen molar-refractivity contribution in [3.05, 3.63) is 0 Å². The third-order valence-corrected chi connectivity index (χ3v) is 1.92. The Kier molecular flexibility index (Phi) is 7.62. The molecule has 0 saturated heterocycles. The molecular formula is C10H20N2O3. The van der Waals surface area contributed by atoms with Gasteiger partial charge in [-0.25, -0.2) is 0 Å². The Labute approximate surface area is 90.5 Å². The Balaban J connectivity index is 3.28. The molecule has 0 aromatic heterocycles. The number of amides is 1. The van der Waals surface area contributed by atoms with Crippen molar-refractivity contribution in [2.24, 2.45) is 0 Å². The second-order valence-electron chi connectivity index (χ2n) is 3.75. The fraction of sp³-hybridized carbons (Fsp3) is 0.800. The van der Waals surface area contributed by atoms with E-state index in [1.165, 1.54) is 0 Å². The molecule has 0 aromatic rings. The molecule has 2 N–H and O–H groups in total. The number of rotatable bonds is 8. The summed E-state index contributed by atoms with van der Waals surface area (Å²) in [7, 11) is 4.01. The Morgan fingerprint density at radius 3 is 2.40 bits per heavy atom. The fourth-order valence-electron chi connectivity index (χ4n) is 1.09. The molecule has 0 unspecified atom stereocenters. The number of carbonyl (C=O) groups excluding carboxylic acids is 1. The second-order valence-corrected chi connectivity index (χ2v) is 3.75. The van der Waals surface area contributed by atoms with Gasteiger partial charge in [0.1, 0.15) is 0 Å². The zero-order valence-corrected chi connectivity index (χ0v) is 9.45. The molecule has 15 heavy (non-hydrogen) atoms. The molecule has 5 heteroatoms. The van der Waals surface area contributed by atoms with Gasteiger partial charge in [0, 0.05) is 13.0 Å². The molecule has 0 atom stereocenters. The van der Waals surface area contributed by atoms with Gasteiger partial charge in [-0.05, 0) is 33.5 Å². The minimum atomic E-state index is -0.933. The largest absolute Gasteiger partial charge is 0.481 e. The monoisotopic (exact) mass is 216 g/mol. The number of hydrogen-bond acceptors (Lipinski definition) is 3. The van der Waals surface area contributed by atoms with E-state index >= 15 is 0 Å². The van der Waals surface area contributed by atoms with Gasteiger partial charge in [0.15, 0.2) is 0 Å². The summed E-state index contributed by atoms with van der Waals surface area (Å²) in [5, 5.41) is 11.0. The number of carboxylic acid groups (broad SMARTS) is 1. The zero-order chi connectivity index (χ0) is 11.7. The van der Waals surface area contributed by atoms with Crippen molar-refractivity contribution in [2.75, 3.05) is 27.2 Å². The highest BCUT2D eigenvalue weighted by Gasteiger charge is 2.03. The van der Waals surface area contributed by atoms with Crippen LogP contribution in [0.5, 0.6) is 0 Å². The molecule has 0 saturated carbocycles. The van der Waals surface area contributed by atoms with Crippen LogP contribution in [-0.2, 0) is 9.59 Å². The zero-order valence-electron chi connectivity index (χ0n) is 9.45. The molecule has 0 aliphatic rings. The standard InChI is InChI=1S/C10H20N2O3/c1-12(2)8-4-3-7-11-9(13)5-6-10(14)15/h3-8H2,1-2H3,(H,11,13)(H,14,15). The maximum atomic E-state index is 11.1. The maximum Gasteiger partial charge on any atom is 0.303 e. The normalized spacial score (nSPS) is 10.3. The first-order chi connectivity index (χ1) is 7.02. The van der Waals surface area contributed by atoms with Crippen LogP contribution in [0, 0.1) is 0 Å². The number of unbranched alkanes of at least 4 members (excludes halogenated alkanes) is 1. The topological polar surface area (TPSA) is 69.6 Å². The summed E-state index contributed by atoms with van der Waals surface area (Å²) in [6.07, 6.45) is 1.94. The molecule has 0 bridgehead atoms. The van der Waals surface area contributed by atoms with Crippen LogP contribution in [0.1, 0.15) is 25.7 Å². The highest BCUT2D eigenvalue weighted by molar-refractivity contribution is 5.80. The summed E-state index contributed by atoms with van der Waals surface area (Å²) in [5.41, 5.74) is 0. The predicted molar refractivity (Wildman–Crippen MR) is 57.7 cm³/mol. The van der Waals surface area contributed by atoms with Crippen molar-refractivity contribution >= 4 is 11.9 Å². The molecule has 88 valence electrons. The number of carboxylic acids is 1. The average molecular weight is 216 g/mol. The number of nitrogens with one attached hydrogen (secondary N) is 1. The van der Waals surface area contributed by atoms with Gasteiger partial charge in [0.25, 0.3) is 0 Å². The Morgan fingerprint density at radius 1 is 1.20 bits per heavy atom. The first kappa shape index (κ1) is 13.9. The molecule has 1 amide bonds. The predicted octanol–water partition coefficient (Wildman–Crippen LogP) is 0.309. The van der Waals surface area contributed by atoms with Gasteiger partial charge in [-0.3, -0.25) is 9.59 Å². The lowest BCUT2D eigenvalue weighted by molar-refractivity contribution is -0.138. The highest BCUT2D eigenvalue weighted by atomic mass is 16.4. The van der Waals surface area contributed by atoms with E-state index in [0.29, 0.717) is 6.54 Å². The summed E-state index contributed by atoms with van der Waals surface area (Å²) in [5.74, 6) is -1.11. The lowest BCUT2D eigenvalue weighted by atomic mass is 10.2. The van der Waals surface area contributed by atoms with Crippen LogP contribution in [0.4, 0.5) is 0 Å². The van der Waals surface area contributed by atoms with Gasteiger partial charge >= 0.3 is 5.97 Å². The SMILES string of the molecule is CN(C)CCCCNC(=O)CCC(=O)O. The number of nitrogens with zero attached hydrogens (tertiary/aromatic N) is 1. The van der Waals surface area contributed by atoms with E-state index in [0.717, 1.165) is 19.4 Å². The van der Waals surface area contributed by atoms with Crippen LogP contribution in [0.2, 0.25) is 0 Å². The lowest BCUT2D eigenvalue weighted by Crippen LogP contribution is -2.25. The number of aliphatic carboxylic acids is 1. The minimum Gasteiger partial charge on any atom is -0.481 e. The van der Waals surface area contributed by atoms with Crippen LogP contribution in [0.3, 0.4) is 0 Å². The minimum absolute atomic E-state index is 0.0724. The number of carbonyl (C=O) groups is 2. The first-order valence-electron chi connectivity index (χ1n) is 5.15. The number of hydrogen-bond donors (Lipinski definition) is 2. The molecule has 5 nitrogen and oxygen atoms in total. The van der Waals surface area contributed by atoms with Gasteiger partial charge in [-0.1, -0.05) is 0 Å². The maximum absolute atomic E-state index is 11.1. The van der Waals surface area contributed by atoms with Gasteiger partial charge in [0.2, 0.25) is 5.91 Å². The molecular weight excluding hydrogens is 196 g/mol. The van der Waals surface area contributed by atoms with Crippen molar-refractivity contribution in [2.45, 2.75) is 25.7 Å². The molecule has 0 aromatic carbocycles. The van der Waals surface area contributed by atoms with Crippen LogP contribution in [0.25, 0.3) is 0 Å². The van der Waals surface area contributed by atoms with Crippen molar-refractivity contribution < 1.29 is 14.7 Å². The van der Waals surface area contributed by atoms with Crippen LogP contribution >= 0.6 is 0 Å². The first-order valence-corrected chi connectivity index (χ1v) is 5.15. The van der Waals surface area contributed by atoms with Gasteiger partial charge in [-0.2, -0.15) is 0 Å². The fourth-order valence-corrected chi connectivity index (χ4v) is 1.09. The van der Waals surface area contributed by atoms with Crippen LogP contribution in [0.15, 0.2) is 0 Å². The van der Waals surface area contributed by atoms with E-state index in [1.54, 1.807) is 0 Å². The summed E-state index contributed by atoms with van der Waals surface area (Å²) < 4.78 is 0. The van der Waals surface area contributed by atoms with Crippen LogP contribution < -0.4 is 5.32 Å². The van der Waals surface area contributed by atoms with Crippen LogP contribution in [-0.4, -0.2) is 49.1 Å². The van der Waals surface area contributed by atoms with Crippen molar-refractivity contribution in [3.8, 4) is 0 Å². The summed E-state index contributed by atoms with van der Waals surface area (Å²) in [6, 6.07) is 0. The molecule has 0 heterocycles.